The van der Waals surface area contributed by atoms with Crippen LogP contribution in [0.4, 0.5) is 0 Å². The highest BCUT2D eigenvalue weighted by molar-refractivity contribution is 5.88. The molecule has 1 heterocycles. The Balaban J connectivity index is 2.28. The van der Waals surface area contributed by atoms with Crippen LogP contribution in [0.5, 0.6) is 0 Å². The molecular formula is C18H32N2O4. The summed E-state index contributed by atoms with van der Waals surface area (Å²) < 4.78 is 0. The van der Waals surface area contributed by atoms with Crippen LogP contribution in [0.3, 0.4) is 0 Å². The summed E-state index contributed by atoms with van der Waals surface area (Å²) in [5.41, 5.74) is -0.0728. The Hall–Kier alpha value is -1.59. The van der Waals surface area contributed by atoms with Crippen molar-refractivity contribution in [2.24, 2.45) is 5.41 Å². The smallest absolute Gasteiger partial charge is 0.303 e. The van der Waals surface area contributed by atoms with Crippen molar-refractivity contribution in [1.29, 1.82) is 0 Å². The maximum absolute atomic E-state index is 12.4. The van der Waals surface area contributed by atoms with Crippen LogP contribution in [-0.4, -0.2) is 46.9 Å². The minimum Gasteiger partial charge on any atom is -0.481 e. The highest BCUT2D eigenvalue weighted by atomic mass is 16.4. The van der Waals surface area contributed by atoms with Gasteiger partial charge < -0.3 is 15.3 Å². The molecule has 1 rings (SSSR count). The van der Waals surface area contributed by atoms with E-state index < -0.39 is 5.97 Å². The minimum atomic E-state index is -0.760. The van der Waals surface area contributed by atoms with Crippen molar-refractivity contribution in [3.63, 3.8) is 0 Å². The Bertz CT molecular complexity index is 443. The normalized spacial score (nSPS) is 17.8. The lowest BCUT2D eigenvalue weighted by Gasteiger charge is -2.27. The Morgan fingerprint density at radius 2 is 1.79 bits per heavy atom. The van der Waals surface area contributed by atoms with Gasteiger partial charge in [0, 0.05) is 25.9 Å². The SMILES string of the molecule is CC(C)(C)CC(=O)N1CCCC1C(=O)NCCCCCCC(=O)O. The van der Waals surface area contributed by atoms with Crippen LogP contribution in [0.1, 0.15) is 72.1 Å². The Kier molecular flexibility index (Phi) is 8.22. The number of rotatable bonds is 9. The number of hydrogen-bond acceptors (Lipinski definition) is 3. The lowest BCUT2D eigenvalue weighted by molar-refractivity contribution is -0.139. The first-order valence-corrected chi connectivity index (χ1v) is 9.00. The van der Waals surface area contributed by atoms with Crippen molar-refractivity contribution in [2.45, 2.75) is 78.2 Å². The van der Waals surface area contributed by atoms with E-state index in [2.05, 4.69) is 5.32 Å². The molecule has 0 spiro atoms. The minimum absolute atomic E-state index is 0.0553. The number of nitrogens with one attached hydrogen (secondary N) is 1. The van der Waals surface area contributed by atoms with Crippen molar-refractivity contribution in [3.05, 3.63) is 0 Å². The summed E-state index contributed by atoms with van der Waals surface area (Å²) in [5, 5.41) is 11.5. The predicted molar refractivity (Wildman–Crippen MR) is 92.5 cm³/mol. The van der Waals surface area contributed by atoms with Gasteiger partial charge in [0.2, 0.25) is 11.8 Å². The number of unbranched alkanes of at least 4 members (excludes halogenated alkanes) is 3. The van der Waals surface area contributed by atoms with Gasteiger partial charge in [-0.05, 0) is 31.1 Å². The van der Waals surface area contributed by atoms with Crippen LogP contribution in [-0.2, 0) is 14.4 Å². The van der Waals surface area contributed by atoms with Gasteiger partial charge in [-0.15, -0.1) is 0 Å². The molecule has 1 aliphatic heterocycles. The lowest BCUT2D eigenvalue weighted by atomic mass is 9.91. The number of amides is 2. The van der Waals surface area contributed by atoms with Gasteiger partial charge >= 0.3 is 5.97 Å². The first-order chi connectivity index (χ1) is 11.2. The van der Waals surface area contributed by atoms with Crippen LogP contribution in [0.2, 0.25) is 0 Å². The summed E-state index contributed by atoms with van der Waals surface area (Å²) >= 11 is 0. The molecule has 0 aromatic carbocycles. The fourth-order valence-corrected chi connectivity index (χ4v) is 2.98. The fraction of sp³-hybridized carbons (Fsp3) is 0.833. The first-order valence-electron chi connectivity index (χ1n) is 9.00. The molecule has 138 valence electrons. The second-order valence-electron chi connectivity index (χ2n) is 7.83. The van der Waals surface area contributed by atoms with E-state index in [1.165, 1.54) is 0 Å². The molecule has 0 aromatic rings. The molecule has 1 atom stereocenters. The monoisotopic (exact) mass is 340 g/mol. The van der Waals surface area contributed by atoms with Crippen molar-refractivity contribution >= 4 is 17.8 Å². The third-order valence-corrected chi connectivity index (χ3v) is 4.17. The van der Waals surface area contributed by atoms with Gasteiger partial charge in [0.25, 0.3) is 0 Å². The van der Waals surface area contributed by atoms with Crippen LogP contribution >= 0.6 is 0 Å². The molecule has 0 radical (unpaired) electrons. The fourth-order valence-electron chi connectivity index (χ4n) is 2.98. The van der Waals surface area contributed by atoms with Crippen LogP contribution < -0.4 is 5.32 Å². The van der Waals surface area contributed by atoms with Gasteiger partial charge in [-0.3, -0.25) is 14.4 Å². The van der Waals surface area contributed by atoms with Crippen LogP contribution in [0.15, 0.2) is 0 Å². The van der Waals surface area contributed by atoms with Crippen molar-refractivity contribution in [1.82, 2.24) is 10.2 Å². The van der Waals surface area contributed by atoms with Gasteiger partial charge in [-0.1, -0.05) is 33.6 Å². The molecule has 24 heavy (non-hydrogen) atoms. The molecule has 0 aromatic heterocycles. The largest absolute Gasteiger partial charge is 0.481 e. The van der Waals surface area contributed by atoms with E-state index in [0.717, 1.165) is 32.1 Å². The molecule has 2 amide bonds. The molecule has 6 heteroatoms. The topological polar surface area (TPSA) is 86.7 Å². The summed E-state index contributed by atoms with van der Waals surface area (Å²) in [5.74, 6) is -0.751. The van der Waals surface area contributed by atoms with Crippen LogP contribution in [0, 0.1) is 5.41 Å². The van der Waals surface area contributed by atoms with E-state index in [1.807, 2.05) is 20.8 Å². The summed E-state index contributed by atoms with van der Waals surface area (Å²) in [6.07, 6.45) is 5.57. The van der Waals surface area contributed by atoms with E-state index in [0.29, 0.717) is 25.9 Å². The zero-order chi connectivity index (χ0) is 18.2. The standard InChI is InChI=1S/C18H32N2O4/c1-18(2,3)13-15(21)20-12-8-9-14(20)17(24)19-11-7-5-4-6-10-16(22)23/h14H,4-13H2,1-3H3,(H,19,24)(H,22,23). The van der Waals surface area contributed by atoms with E-state index in [-0.39, 0.29) is 29.7 Å². The van der Waals surface area contributed by atoms with Gasteiger partial charge in [0.1, 0.15) is 6.04 Å². The third kappa shape index (κ3) is 7.79. The summed E-state index contributed by atoms with van der Waals surface area (Å²) in [6.45, 7) is 7.34. The highest BCUT2D eigenvalue weighted by Crippen LogP contribution is 2.24. The Morgan fingerprint density at radius 3 is 2.42 bits per heavy atom. The predicted octanol–water partition coefficient (Wildman–Crippen LogP) is 2.56. The van der Waals surface area contributed by atoms with Gasteiger partial charge in [-0.2, -0.15) is 0 Å². The molecular weight excluding hydrogens is 308 g/mol. The molecule has 1 fully saturated rings. The quantitative estimate of drug-likeness (QED) is 0.632. The molecule has 1 saturated heterocycles. The maximum Gasteiger partial charge on any atom is 0.303 e. The number of carboxylic acids is 1. The van der Waals surface area contributed by atoms with E-state index in [9.17, 15) is 14.4 Å². The summed E-state index contributed by atoms with van der Waals surface area (Å²) in [4.78, 5) is 36.8. The summed E-state index contributed by atoms with van der Waals surface area (Å²) in [7, 11) is 0. The second-order valence-corrected chi connectivity index (χ2v) is 7.83. The number of carboxylic acid groups (broad SMARTS) is 1. The molecule has 1 unspecified atom stereocenters. The Labute approximate surface area is 145 Å². The average molecular weight is 340 g/mol. The number of nitrogens with zero attached hydrogens (tertiary/aromatic N) is 1. The van der Waals surface area contributed by atoms with E-state index in [1.54, 1.807) is 4.90 Å². The molecule has 0 bridgehead atoms. The van der Waals surface area contributed by atoms with E-state index >= 15 is 0 Å². The van der Waals surface area contributed by atoms with Gasteiger partial charge in [-0.25, -0.2) is 0 Å². The number of carbonyl (C=O) groups excluding carboxylic acids is 2. The number of likely N-dealkylation sites (tertiary alicyclic amines) is 1. The number of carbonyl (C=O) groups is 3. The molecule has 0 aliphatic carbocycles. The molecule has 2 N–H and O–H groups in total. The maximum atomic E-state index is 12.4. The molecule has 0 saturated carbocycles. The zero-order valence-electron chi connectivity index (χ0n) is 15.3. The van der Waals surface area contributed by atoms with Crippen molar-refractivity contribution in [2.75, 3.05) is 13.1 Å². The van der Waals surface area contributed by atoms with Gasteiger partial charge in [0.05, 0.1) is 0 Å². The second kappa shape index (κ2) is 9.64. The molecule has 6 nitrogen and oxygen atoms in total. The summed E-state index contributed by atoms with van der Waals surface area (Å²) in [6, 6.07) is -0.327. The van der Waals surface area contributed by atoms with Gasteiger partial charge in [0.15, 0.2) is 0 Å². The average Bonchev–Trinajstić information content (AvgIpc) is 2.93. The number of aliphatic carboxylic acids is 1. The number of hydrogen-bond donors (Lipinski definition) is 2. The highest BCUT2D eigenvalue weighted by Gasteiger charge is 2.34. The zero-order valence-corrected chi connectivity index (χ0v) is 15.3. The third-order valence-electron chi connectivity index (χ3n) is 4.17. The van der Waals surface area contributed by atoms with E-state index in [4.69, 9.17) is 5.11 Å². The van der Waals surface area contributed by atoms with Crippen LogP contribution in [0.25, 0.3) is 0 Å². The Morgan fingerprint density at radius 1 is 1.12 bits per heavy atom. The van der Waals surface area contributed by atoms with Crippen molar-refractivity contribution in [3.8, 4) is 0 Å². The first kappa shape index (κ1) is 20.5. The van der Waals surface area contributed by atoms with Crippen molar-refractivity contribution < 1.29 is 19.5 Å². The molecule has 1 aliphatic rings. The lowest BCUT2D eigenvalue weighted by Crippen LogP contribution is -2.46.